The van der Waals surface area contributed by atoms with Gasteiger partial charge in [-0.2, -0.15) is 0 Å². The third-order valence-corrected chi connectivity index (χ3v) is 5.46. The predicted molar refractivity (Wildman–Crippen MR) is 100 cm³/mol. The summed E-state index contributed by atoms with van der Waals surface area (Å²) in [5.74, 6) is -0.797. The number of hydrogen-bond acceptors (Lipinski definition) is 5. The van der Waals surface area contributed by atoms with E-state index < -0.39 is 11.2 Å². The van der Waals surface area contributed by atoms with Gasteiger partial charge in [0.05, 0.1) is 16.2 Å². The fourth-order valence-electron chi connectivity index (χ4n) is 2.21. The van der Waals surface area contributed by atoms with Crippen LogP contribution in [0.25, 0.3) is 5.69 Å². The maximum atomic E-state index is 12.5. The summed E-state index contributed by atoms with van der Waals surface area (Å²) in [5, 5.41) is 18.4. The molecule has 3 rings (SSSR count). The van der Waals surface area contributed by atoms with Crippen molar-refractivity contribution in [3.63, 3.8) is 0 Å². The number of carbonyl (C=O) groups is 1. The third-order valence-electron chi connectivity index (χ3n) is 3.64. The summed E-state index contributed by atoms with van der Waals surface area (Å²) < 4.78 is 6.99. The summed E-state index contributed by atoms with van der Waals surface area (Å²) in [6.07, 6.45) is 0. The van der Waals surface area contributed by atoms with Gasteiger partial charge in [0.15, 0.2) is 5.95 Å². The number of halogens is 1. The molecular formula is C18H16BrN3O3S. The predicted octanol–water partition coefficient (Wildman–Crippen LogP) is 3.22. The van der Waals surface area contributed by atoms with Crippen LogP contribution in [-0.2, 0) is 4.79 Å². The minimum absolute atomic E-state index is 0.224. The quantitative estimate of drug-likeness (QED) is 0.493. The number of amides is 1. The Bertz CT molecular complexity index is 928. The van der Waals surface area contributed by atoms with Gasteiger partial charge in [-0.25, -0.2) is 0 Å². The lowest BCUT2D eigenvalue weighted by atomic mass is 10.2. The molecule has 0 saturated carbocycles. The van der Waals surface area contributed by atoms with Crippen LogP contribution in [0.5, 0.6) is 5.95 Å². The van der Waals surface area contributed by atoms with Gasteiger partial charge in [-0.3, -0.25) is 4.79 Å². The van der Waals surface area contributed by atoms with Crippen molar-refractivity contribution in [2.24, 2.45) is 0 Å². The van der Waals surface area contributed by atoms with Crippen molar-refractivity contribution in [2.45, 2.75) is 24.1 Å². The third kappa shape index (κ3) is 4.08. The number of para-hydroxylation sites is 1. The highest BCUT2D eigenvalue weighted by atomic mass is 79.9. The molecule has 1 atom stereocenters. The molecule has 0 radical (unpaired) electrons. The van der Waals surface area contributed by atoms with Crippen molar-refractivity contribution >= 4 is 39.3 Å². The van der Waals surface area contributed by atoms with Gasteiger partial charge in [0.1, 0.15) is 0 Å². The van der Waals surface area contributed by atoms with Crippen LogP contribution in [0.15, 0.2) is 62.6 Å². The van der Waals surface area contributed by atoms with E-state index in [0.717, 1.165) is 21.8 Å². The second-order valence-corrected chi connectivity index (χ2v) is 7.83. The molecule has 6 nitrogen and oxygen atoms in total. The Balaban J connectivity index is 1.78. The number of rotatable bonds is 5. The molecule has 0 bridgehead atoms. The van der Waals surface area contributed by atoms with E-state index in [-0.39, 0.29) is 10.9 Å². The van der Waals surface area contributed by atoms with Crippen LogP contribution in [0.4, 0.5) is 5.69 Å². The number of benzene rings is 2. The topological polar surface area (TPSA) is 82.1 Å². The standard InChI is InChI=1S/C18H16BrN3O3S/c1-11-7-9-13(10-8-11)22-17(18(24)25-21-22)26-12(2)16(23)20-15-6-4-3-5-14(15)19/h3-10,12H,1-2H3,(H-,20,21,23,24). The molecule has 0 fully saturated rings. The number of thioether (sulfide) groups is 1. The van der Waals surface area contributed by atoms with Gasteiger partial charge in [0, 0.05) is 16.6 Å². The molecule has 0 spiro atoms. The van der Waals surface area contributed by atoms with E-state index in [1.54, 1.807) is 13.0 Å². The van der Waals surface area contributed by atoms with Gasteiger partial charge in [-0.15, -0.1) is 0 Å². The molecule has 0 aliphatic carbocycles. The maximum absolute atomic E-state index is 12.5. The maximum Gasteiger partial charge on any atom is 0.298 e. The number of aryl methyl sites for hydroxylation is 1. The van der Waals surface area contributed by atoms with E-state index in [9.17, 15) is 9.90 Å². The first kappa shape index (κ1) is 18.5. The van der Waals surface area contributed by atoms with Crippen molar-refractivity contribution in [1.29, 1.82) is 0 Å². The summed E-state index contributed by atoms with van der Waals surface area (Å²) in [5.41, 5.74) is 2.46. The molecule has 0 saturated heterocycles. The summed E-state index contributed by atoms with van der Waals surface area (Å²) in [7, 11) is 0. The second-order valence-electron chi connectivity index (χ2n) is 5.64. The zero-order valence-corrected chi connectivity index (χ0v) is 16.5. The Kier molecular flexibility index (Phi) is 5.63. The molecule has 1 aromatic heterocycles. The van der Waals surface area contributed by atoms with Crippen molar-refractivity contribution in [1.82, 2.24) is 5.27 Å². The summed E-state index contributed by atoms with van der Waals surface area (Å²) >= 11 is 4.50. The molecule has 1 amide bonds. The number of nitrogens with one attached hydrogen (secondary N) is 1. The number of aromatic nitrogens is 2. The van der Waals surface area contributed by atoms with Gasteiger partial charge >= 0.3 is 0 Å². The smallest absolute Gasteiger partial charge is 0.298 e. The second kappa shape index (κ2) is 7.92. The minimum atomic E-state index is -0.573. The zero-order chi connectivity index (χ0) is 18.7. The van der Waals surface area contributed by atoms with Crippen molar-refractivity contribution < 1.29 is 19.1 Å². The average molecular weight is 434 g/mol. The highest BCUT2D eigenvalue weighted by molar-refractivity contribution is 9.10. The molecule has 0 aliphatic rings. The monoisotopic (exact) mass is 433 g/mol. The highest BCUT2D eigenvalue weighted by Crippen LogP contribution is 2.29. The highest BCUT2D eigenvalue weighted by Gasteiger charge is 2.26. The van der Waals surface area contributed by atoms with E-state index in [0.29, 0.717) is 11.4 Å². The molecule has 134 valence electrons. The van der Waals surface area contributed by atoms with Crippen LogP contribution < -0.4 is 15.1 Å². The van der Waals surface area contributed by atoms with Gasteiger partial charge < -0.3 is 14.9 Å². The number of nitrogens with zero attached hydrogens (tertiary/aromatic N) is 2. The zero-order valence-electron chi connectivity index (χ0n) is 14.1. The van der Waals surface area contributed by atoms with Gasteiger partial charge in [-0.1, -0.05) is 29.8 Å². The van der Waals surface area contributed by atoms with Crippen molar-refractivity contribution in [2.75, 3.05) is 5.32 Å². The lowest BCUT2D eigenvalue weighted by Gasteiger charge is -2.11. The molecule has 1 heterocycles. The van der Waals surface area contributed by atoms with Crippen LogP contribution in [-0.4, -0.2) is 16.4 Å². The molecular weight excluding hydrogens is 418 g/mol. The average Bonchev–Trinajstić information content (AvgIpc) is 2.98. The lowest BCUT2D eigenvalue weighted by Crippen LogP contribution is -2.36. The lowest BCUT2D eigenvalue weighted by molar-refractivity contribution is -0.705. The molecule has 1 N–H and O–H groups in total. The Morgan fingerprint density at radius 3 is 2.65 bits per heavy atom. The van der Waals surface area contributed by atoms with Gasteiger partial charge in [0.25, 0.3) is 5.03 Å². The Hall–Kier alpha value is -2.32. The molecule has 0 aliphatic heterocycles. The fraction of sp³-hybridized carbons (Fsp3) is 0.167. The first-order chi connectivity index (χ1) is 12.5. The van der Waals surface area contributed by atoms with Crippen molar-refractivity contribution in [3.05, 3.63) is 58.6 Å². The number of carbonyl (C=O) groups excluding carboxylic acids is 1. The molecule has 8 heteroatoms. The summed E-state index contributed by atoms with van der Waals surface area (Å²) in [4.78, 5) is 12.5. The fourth-order valence-corrected chi connectivity index (χ4v) is 3.46. The van der Waals surface area contributed by atoms with E-state index in [2.05, 4.69) is 26.5 Å². The van der Waals surface area contributed by atoms with Crippen LogP contribution in [0, 0.1) is 6.92 Å². The van der Waals surface area contributed by atoms with Crippen LogP contribution in [0.2, 0.25) is 0 Å². The van der Waals surface area contributed by atoms with Gasteiger partial charge in [0.2, 0.25) is 11.6 Å². The number of hydrogen-bond donors (Lipinski definition) is 1. The van der Waals surface area contributed by atoms with Crippen LogP contribution >= 0.6 is 27.7 Å². The van der Waals surface area contributed by atoms with Crippen LogP contribution in [0.3, 0.4) is 0 Å². The normalized spacial score (nSPS) is 12.0. The SMILES string of the molecule is Cc1ccc(-[n+]2noc([O-])c2SC(C)C(=O)Nc2ccccc2Br)cc1. The van der Waals surface area contributed by atoms with Gasteiger partial charge in [-0.05, 0) is 58.4 Å². The molecule has 1 unspecified atom stereocenters. The first-order valence-electron chi connectivity index (χ1n) is 7.84. The molecule has 26 heavy (non-hydrogen) atoms. The van der Waals surface area contributed by atoms with E-state index >= 15 is 0 Å². The number of anilines is 1. The van der Waals surface area contributed by atoms with Crippen LogP contribution in [0.1, 0.15) is 12.5 Å². The first-order valence-corrected chi connectivity index (χ1v) is 9.51. The van der Waals surface area contributed by atoms with E-state index in [1.165, 1.54) is 4.68 Å². The van der Waals surface area contributed by atoms with E-state index in [4.69, 9.17) is 4.52 Å². The van der Waals surface area contributed by atoms with E-state index in [1.807, 2.05) is 49.4 Å². The Labute approximate surface area is 163 Å². The molecule has 2 aromatic carbocycles. The Morgan fingerprint density at radius 1 is 1.27 bits per heavy atom. The minimum Gasteiger partial charge on any atom is -0.538 e. The largest absolute Gasteiger partial charge is 0.538 e. The van der Waals surface area contributed by atoms with Crippen molar-refractivity contribution in [3.8, 4) is 11.6 Å². The Morgan fingerprint density at radius 2 is 1.96 bits per heavy atom. The molecule has 3 aromatic rings. The summed E-state index contributed by atoms with van der Waals surface area (Å²) in [6.45, 7) is 3.70. The summed E-state index contributed by atoms with van der Waals surface area (Å²) in [6, 6.07) is 14.8.